The maximum absolute atomic E-state index is 5.85. The van der Waals surface area contributed by atoms with E-state index in [1.54, 1.807) is 0 Å². The van der Waals surface area contributed by atoms with E-state index in [-0.39, 0.29) is 0 Å². The predicted octanol–water partition coefficient (Wildman–Crippen LogP) is 3.12. The second-order valence-electron chi connectivity index (χ2n) is 3.43. The molecule has 0 saturated heterocycles. The van der Waals surface area contributed by atoms with Gasteiger partial charge in [-0.25, -0.2) is 0 Å². The minimum Gasteiger partial charge on any atom is -0.411 e. The Bertz CT molecular complexity index is 123. The van der Waals surface area contributed by atoms with E-state index in [1.807, 2.05) is 5.70 Å². The first-order valence-electron chi connectivity index (χ1n) is 4.35. The number of rotatable bonds is 5. The predicted molar refractivity (Wildman–Crippen MR) is 53.1 cm³/mol. The van der Waals surface area contributed by atoms with Crippen molar-refractivity contribution in [2.45, 2.75) is 45.9 Å². The van der Waals surface area contributed by atoms with Crippen molar-refractivity contribution in [1.29, 1.82) is 0 Å². The molecule has 0 aliphatic carbocycles. The van der Waals surface area contributed by atoms with Crippen LogP contribution in [-0.4, -0.2) is 14.4 Å². The Labute approximate surface area is 71.6 Å². The monoisotopic (exact) mass is 172 g/mol. The molecule has 0 aromatic rings. The molecule has 0 radical (unpaired) electrons. The molecule has 2 heteroatoms. The van der Waals surface area contributed by atoms with Crippen LogP contribution < -0.4 is 0 Å². The Morgan fingerprint density at radius 1 is 1.55 bits per heavy atom. The topological polar surface area (TPSA) is 9.23 Å². The lowest BCUT2D eigenvalue weighted by atomic mass is 10.5. The van der Waals surface area contributed by atoms with Crippen LogP contribution in [-0.2, 0) is 4.43 Å². The van der Waals surface area contributed by atoms with Gasteiger partial charge in [-0.3, -0.25) is 0 Å². The van der Waals surface area contributed by atoms with Crippen molar-refractivity contribution in [3.05, 3.63) is 12.3 Å². The number of hydrogen-bond donors (Lipinski definition) is 0. The van der Waals surface area contributed by atoms with Gasteiger partial charge in [-0.1, -0.05) is 19.0 Å². The lowest BCUT2D eigenvalue weighted by Crippen LogP contribution is -2.34. The molecule has 1 unspecified atom stereocenters. The molecule has 66 valence electrons. The Hall–Kier alpha value is -0.0831. The van der Waals surface area contributed by atoms with Gasteiger partial charge in [0.05, 0.1) is 0 Å². The van der Waals surface area contributed by atoms with Gasteiger partial charge in [-0.05, 0) is 26.4 Å². The first kappa shape index (κ1) is 10.9. The van der Waals surface area contributed by atoms with Crippen molar-refractivity contribution in [1.82, 2.24) is 0 Å². The maximum atomic E-state index is 5.85. The highest BCUT2D eigenvalue weighted by atomic mass is 28.4. The van der Waals surface area contributed by atoms with E-state index in [0.29, 0.717) is 6.10 Å². The summed E-state index contributed by atoms with van der Waals surface area (Å²) in [6, 6.07) is 1.19. The van der Waals surface area contributed by atoms with Gasteiger partial charge in [0.15, 0.2) is 0 Å². The molecule has 0 spiro atoms. The van der Waals surface area contributed by atoms with Crippen molar-refractivity contribution in [3.63, 3.8) is 0 Å². The fourth-order valence-corrected chi connectivity index (χ4v) is 3.73. The van der Waals surface area contributed by atoms with E-state index < -0.39 is 8.32 Å². The molecule has 0 rings (SSSR count). The molecule has 0 N–H and O–H groups in total. The van der Waals surface area contributed by atoms with Gasteiger partial charge < -0.3 is 4.43 Å². The van der Waals surface area contributed by atoms with Crippen LogP contribution in [0.25, 0.3) is 0 Å². The summed E-state index contributed by atoms with van der Waals surface area (Å²) in [5.74, 6) is 0. The van der Waals surface area contributed by atoms with Gasteiger partial charge in [0, 0.05) is 6.10 Å². The molecule has 0 bridgehead atoms. The summed E-state index contributed by atoms with van der Waals surface area (Å²) in [5, 5.41) is 0. The summed E-state index contributed by atoms with van der Waals surface area (Å²) in [5.41, 5.74) is 2.04. The third kappa shape index (κ3) is 4.38. The van der Waals surface area contributed by atoms with Crippen molar-refractivity contribution in [2.75, 3.05) is 0 Å². The minimum absolute atomic E-state index is 0.344. The van der Waals surface area contributed by atoms with E-state index >= 15 is 0 Å². The molecule has 0 heterocycles. The lowest BCUT2D eigenvalue weighted by molar-refractivity contribution is 0.234. The highest BCUT2D eigenvalue weighted by molar-refractivity contribution is 6.77. The Balaban J connectivity index is 3.98. The van der Waals surface area contributed by atoms with Gasteiger partial charge in [0.25, 0.3) is 0 Å². The van der Waals surface area contributed by atoms with Crippen LogP contribution in [0.5, 0.6) is 0 Å². The van der Waals surface area contributed by atoms with Gasteiger partial charge in [-0.2, -0.15) is 0 Å². The Morgan fingerprint density at radius 3 is 2.36 bits per heavy atom. The summed E-state index contributed by atoms with van der Waals surface area (Å²) >= 11 is 0. The summed E-state index contributed by atoms with van der Waals surface area (Å²) in [6.07, 6.45) is 1.54. The van der Waals surface area contributed by atoms with Crippen molar-refractivity contribution >= 4 is 8.32 Å². The van der Waals surface area contributed by atoms with Crippen LogP contribution >= 0.6 is 0 Å². The second-order valence-corrected chi connectivity index (χ2v) is 7.20. The number of hydrogen-bond acceptors (Lipinski definition) is 1. The summed E-state index contributed by atoms with van der Waals surface area (Å²) < 4.78 is 5.85. The first-order chi connectivity index (χ1) is 5.04. The Kier molecular flexibility index (Phi) is 4.69. The van der Waals surface area contributed by atoms with Crippen LogP contribution in [0.1, 0.15) is 27.2 Å². The summed E-state index contributed by atoms with van der Waals surface area (Å²) in [4.78, 5) is 0. The fraction of sp³-hybridized carbons (Fsp3) is 0.778. The molecule has 0 saturated carbocycles. The van der Waals surface area contributed by atoms with Gasteiger partial charge in [0.2, 0.25) is 8.32 Å². The molecule has 1 nitrogen and oxygen atoms in total. The van der Waals surface area contributed by atoms with Crippen LogP contribution in [0.15, 0.2) is 12.3 Å². The van der Waals surface area contributed by atoms with Crippen molar-refractivity contribution in [2.24, 2.45) is 0 Å². The van der Waals surface area contributed by atoms with E-state index in [4.69, 9.17) is 4.43 Å². The first-order valence-corrected chi connectivity index (χ1v) is 7.04. The second kappa shape index (κ2) is 4.73. The molecule has 0 aliphatic heterocycles. The van der Waals surface area contributed by atoms with Gasteiger partial charge in [-0.15, -0.1) is 6.58 Å². The highest BCUT2D eigenvalue weighted by Crippen LogP contribution is 2.16. The van der Waals surface area contributed by atoms with E-state index in [0.717, 1.165) is 0 Å². The zero-order valence-electron chi connectivity index (χ0n) is 8.18. The van der Waals surface area contributed by atoms with Crippen molar-refractivity contribution in [3.8, 4) is 0 Å². The largest absolute Gasteiger partial charge is 0.411 e. The smallest absolute Gasteiger partial charge is 0.213 e. The molecule has 11 heavy (non-hydrogen) atoms. The molecular weight excluding hydrogens is 152 g/mol. The third-order valence-electron chi connectivity index (χ3n) is 1.68. The summed E-state index contributed by atoms with van der Waals surface area (Å²) in [6.45, 7) is 12.4. The molecule has 0 amide bonds. The zero-order chi connectivity index (χ0) is 8.91. The quantitative estimate of drug-likeness (QED) is 0.579. The lowest BCUT2D eigenvalue weighted by Gasteiger charge is -2.25. The average molecular weight is 172 g/mol. The summed E-state index contributed by atoms with van der Waals surface area (Å²) in [7, 11) is -1.52. The minimum atomic E-state index is -1.52. The van der Waals surface area contributed by atoms with Crippen LogP contribution in [0.2, 0.25) is 12.6 Å². The highest BCUT2D eigenvalue weighted by Gasteiger charge is 2.24. The van der Waals surface area contributed by atoms with Crippen LogP contribution in [0, 0.1) is 0 Å². The standard InChI is InChI=1S/C9H20OSi/c1-6-8-11(5,7-2)10-9(3)4/h7,9H,2,6,8H2,1,3-5H3. The average Bonchev–Trinajstić information content (AvgIpc) is 1.87. The van der Waals surface area contributed by atoms with Crippen LogP contribution in [0.4, 0.5) is 0 Å². The van der Waals surface area contributed by atoms with Gasteiger partial charge >= 0.3 is 0 Å². The van der Waals surface area contributed by atoms with E-state index in [2.05, 4.69) is 33.9 Å². The normalized spacial score (nSPS) is 16.5. The third-order valence-corrected chi connectivity index (χ3v) is 5.05. The molecule has 0 fully saturated rings. The Morgan fingerprint density at radius 2 is 2.09 bits per heavy atom. The fourth-order valence-electron chi connectivity index (χ4n) is 1.24. The SMILES string of the molecule is C=C[Si](C)(CCC)OC(C)C. The zero-order valence-corrected chi connectivity index (χ0v) is 9.18. The molecule has 0 aromatic carbocycles. The van der Waals surface area contributed by atoms with Gasteiger partial charge in [0.1, 0.15) is 0 Å². The molecule has 0 aliphatic rings. The van der Waals surface area contributed by atoms with Crippen LogP contribution in [0.3, 0.4) is 0 Å². The molecule has 0 aromatic heterocycles. The molecule has 1 atom stereocenters. The van der Waals surface area contributed by atoms with Crippen molar-refractivity contribution < 1.29 is 4.43 Å². The van der Waals surface area contributed by atoms with E-state index in [9.17, 15) is 0 Å². The maximum Gasteiger partial charge on any atom is 0.213 e. The van der Waals surface area contributed by atoms with E-state index in [1.165, 1.54) is 12.5 Å². The molecular formula is C9H20OSi.